The highest BCUT2D eigenvalue weighted by Gasteiger charge is 2.16. The Morgan fingerprint density at radius 3 is 3.00 bits per heavy atom. The number of nitrogens with one attached hydrogen (secondary N) is 1. The molecule has 1 fully saturated rings. The number of alkyl halides is 1. The molecular weight excluding hydrogens is 140 g/mol. The molecule has 3 nitrogen and oxygen atoms in total. The van der Waals surface area contributed by atoms with Crippen molar-refractivity contribution in [2.45, 2.75) is 6.42 Å². The van der Waals surface area contributed by atoms with Crippen molar-refractivity contribution < 1.29 is 4.79 Å². The number of rotatable bonds is 2. The number of nitrogens with zero attached hydrogens (tertiary/aromatic N) is 1. The standard InChI is InChI=1S/C5H9ClN2O/c6-2-4-8-3-1-5(9)7-8/h1-4H2,(H,7,9). The highest BCUT2D eigenvalue weighted by Crippen LogP contribution is 1.96. The average Bonchev–Trinajstić information content (AvgIpc) is 2.17. The zero-order valence-electron chi connectivity index (χ0n) is 5.06. The lowest BCUT2D eigenvalue weighted by atomic mass is 10.4. The molecule has 1 aliphatic rings. The summed E-state index contributed by atoms with van der Waals surface area (Å²) in [5.41, 5.74) is 2.66. The van der Waals surface area contributed by atoms with Crippen LogP contribution in [0.25, 0.3) is 0 Å². The predicted molar refractivity (Wildman–Crippen MR) is 35.1 cm³/mol. The van der Waals surface area contributed by atoms with Crippen LogP contribution in [0.3, 0.4) is 0 Å². The smallest absolute Gasteiger partial charge is 0.235 e. The molecule has 0 saturated carbocycles. The molecule has 1 heterocycles. The Morgan fingerprint density at radius 2 is 2.56 bits per heavy atom. The van der Waals surface area contributed by atoms with Crippen molar-refractivity contribution in [1.29, 1.82) is 0 Å². The molecule has 1 saturated heterocycles. The van der Waals surface area contributed by atoms with E-state index in [0.717, 1.165) is 13.1 Å². The van der Waals surface area contributed by atoms with Gasteiger partial charge in [-0.25, -0.2) is 5.01 Å². The Kier molecular flexibility index (Phi) is 2.30. The lowest BCUT2D eigenvalue weighted by Crippen LogP contribution is -2.34. The Labute approximate surface area is 58.9 Å². The first kappa shape index (κ1) is 6.83. The molecule has 0 atom stereocenters. The molecule has 0 aromatic rings. The van der Waals surface area contributed by atoms with Crippen LogP contribution in [0.15, 0.2) is 0 Å². The fourth-order valence-electron chi connectivity index (χ4n) is 0.794. The van der Waals surface area contributed by atoms with E-state index in [2.05, 4.69) is 5.43 Å². The zero-order chi connectivity index (χ0) is 6.69. The fourth-order valence-corrected chi connectivity index (χ4v) is 0.998. The monoisotopic (exact) mass is 148 g/mol. The van der Waals surface area contributed by atoms with Crippen LogP contribution in [0.4, 0.5) is 0 Å². The van der Waals surface area contributed by atoms with Gasteiger partial charge in [0.1, 0.15) is 0 Å². The van der Waals surface area contributed by atoms with Crippen LogP contribution < -0.4 is 5.43 Å². The van der Waals surface area contributed by atoms with Crippen LogP contribution in [0.5, 0.6) is 0 Å². The van der Waals surface area contributed by atoms with Gasteiger partial charge in [-0.15, -0.1) is 11.6 Å². The molecule has 1 rings (SSSR count). The van der Waals surface area contributed by atoms with Crippen molar-refractivity contribution >= 4 is 17.5 Å². The Hall–Kier alpha value is -0.280. The van der Waals surface area contributed by atoms with Gasteiger partial charge < -0.3 is 0 Å². The van der Waals surface area contributed by atoms with Crippen molar-refractivity contribution in [3.05, 3.63) is 0 Å². The van der Waals surface area contributed by atoms with Crippen LogP contribution in [0, 0.1) is 0 Å². The third-order valence-corrected chi connectivity index (χ3v) is 1.42. The number of hydrogen-bond acceptors (Lipinski definition) is 2. The molecule has 1 aliphatic heterocycles. The van der Waals surface area contributed by atoms with Crippen molar-refractivity contribution in [1.82, 2.24) is 10.4 Å². The van der Waals surface area contributed by atoms with Crippen LogP contribution in [0.2, 0.25) is 0 Å². The van der Waals surface area contributed by atoms with E-state index in [1.54, 1.807) is 0 Å². The quantitative estimate of drug-likeness (QED) is 0.558. The van der Waals surface area contributed by atoms with E-state index in [9.17, 15) is 4.79 Å². The first-order valence-electron chi connectivity index (χ1n) is 2.93. The molecule has 4 heteroatoms. The van der Waals surface area contributed by atoms with Gasteiger partial charge in [0, 0.05) is 25.4 Å². The molecule has 0 aromatic carbocycles. The van der Waals surface area contributed by atoms with E-state index in [1.165, 1.54) is 0 Å². The van der Waals surface area contributed by atoms with E-state index in [-0.39, 0.29) is 5.91 Å². The maximum atomic E-state index is 10.5. The largest absolute Gasteiger partial charge is 0.289 e. The maximum absolute atomic E-state index is 10.5. The van der Waals surface area contributed by atoms with E-state index in [0.29, 0.717) is 12.3 Å². The lowest BCUT2D eigenvalue weighted by Gasteiger charge is -2.10. The summed E-state index contributed by atoms with van der Waals surface area (Å²) >= 11 is 5.44. The Morgan fingerprint density at radius 1 is 1.78 bits per heavy atom. The minimum atomic E-state index is 0.0973. The van der Waals surface area contributed by atoms with Gasteiger partial charge in [-0.1, -0.05) is 0 Å². The SMILES string of the molecule is O=C1CCN(CCCl)N1. The van der Waals surface area contributed by atoms with Gasteiger partial charge in [0.25, 0.3) is 0 Å². The lowest BCUT2D eigenvalue weighted by molar-refractivity contribution is -0.120. The fraction of sp³-hybridized carbons (Fsp3) is 0.800. The van der Waals surface area contributed by atoms with Crippen LogP contribution >= 0.6 is 11.6 Å². The first-order chi connectivity index (χ1) is 4.33. The third kappa shape index (κ3) is 1.84. The second-order valence-electron chi connectivity index (χ2n) is 1.96. The summed E-state index contributed by atoms with van der Waals surface area (Å²) in [5, 5.41) is 1.83. The van der Waals surface area contributed by atoms with Gasteiger partial charge >= 0.3 is 0 Å². The number of amides is 1. The molecule has 9 heavy (non-hydrogen) atoms. The third-order valence-electron chi connectivity index (χ3n) is 1.25. The van der Waals surface area contributed by atoms with Gasteiger partial charge in [-0.05, 0) is 0 Å². The minimum absolute atomic E-state index is 0.0973. The van der Waals surface area contributed by atoms with Crippen molar-refractivity contribution in [3.63, 3.8) is 0 Å². The highest BCUT2D eigenvalue weighted by molar-refractivity contribution is 6.18. The van der Waals surface area contributed by atoms with Gasteiger partial charge in [0.2, 0.25) is 5.91 Å². The summed E-state index contributed by atoms with van der Waals surface area (Å²) in [6, 6.07) is 0. The molecule has 0 aromatic heterocycles. The minimum Gasteiger partial charge on any atom is -0.289 e. The van der Waals surface area contributed by atoms with E-state index < -0.39 is 0 Å². The van der Waals surface area contributed by atoms with E-state index in [1.807, 2.05) is 5.01 Å². The van der Waals surface area contributed by atoms with Crippen LogP contribution in [0.1, 0.15) is 6.42 Å². The summed E-state index contributed by atoms with van der Waals surface area (Å²) in [7, 11) is 0. The van der Waals surface area contributed by atoms with E-state index >= 15 is 0 Å². The molecule has 0 spiro atoms. The molecule has 0 unspecified atom stereocenters. The number of carbonyl (C=O) groups is 1. The summed E-state index contributed by atoms with van der Waals surface area (Å²) < 4.78 is 0. The van der Waals surface area contributed by atoms with Gasteiger partial charge in [-0.3, -0.25) is 10.2 Å². The van der Waals surface area contributed by atoms with Crippen LogP contribution in [-0.4, -0.2) is 29.9 Å². The highest BCUT2D eigenvalue weighted by atomic mass is 35.5. The van der Waals surface area contributed by atoms with Gasteiger partial charge in [0.05, 0.1) is 0 Å². The Balaban J connectivity index is 2.22. The maximum Gasteiger partial charge on any atom is 0.235 e. The number of hydrogen-bond donors (Lipinski definition) is 1. The van der Waals surface area contributed by atoms with Crippen molar-refractivity contribution in [2.24, 2.45) is 0 Å². The van der Waals surface area contributed by atoms with Crippen molar-refractivity contribution in [3.8, 4) is 0 Å². The van der Waals surface area contributed by atoms with Gasteiger partial charge in [-0.2, -0.15) is 0 Å². The number of halogens is 1. The summed E-state index contributed by atoms with van der Waals surface area (Å²) in [5.74, 6) is 0.667. The van der Waals surface area contributed by atoms with Crippen LogP contribution in [-0.2, 0) is 4.79 Å². The summed E-state index contributed by atoms with van der Waals surface area (Å²) in [4.78, 5) is 10.5. The average molecular weight is 149 g/mol. The molecule has 52 valence electrons. The topological polar surface area (TPSA) is 32.3 Å². The second kappa shape index (κ2) is 3.03. The molecule has 0 aliphatic carbocycles. The normalized spacial score (nSPS) is 20.3. The van der Waals surface area contributed by atoms with E-state index in [4.69, 9.17) is 11.6 Å². The van der Waals surface area contributed by atoms with Crippen molar-refractivity contribution in [2.75, 3.05) is 19.0 Å². The summed E-state index contributed by atoms with van der Waals surface area (Å²) in [6.07, 6.45) is 0.608. The first-order valence-corrected chi connectivity index (χ1v) is 3.47. The number of carbonyl (C=O) groups excluding carboxylic acids is 1. The molecule has 0 bridgehead atoms. The predicted octanol–water partition coefficient (Wildman–Crippen LogP) is -0.0379. The number of hydrazine groups is 1. The molecule has 1 N–H and O–H groups in total. The Bertz CT molecular complexity index is 118. The molecular formula is C5H9ClN2O. The molecule has 0 radical (unpaired) electrons. The second-order valence-corrected chi connectivity index (χ2v) is 2.34. The molecule has 1 amide bonds. The zero-order valence-corrected chi connectivity index (χ0v) is 5.82. The van der Waals surface area contributed by atoms with Gasteiger partial charge in [0.15, 0.2) is 0 Å². The summed E-state index contributed by atoms with van der Waals surface area (Å²) in [6.45, 7) is 1.54.